The lowest BCUT2D eigenvalue weighted by Gasteiger charge is -2.08. The molecule has 0 aliphatic heterocycles. The van der Waals surface area contributed by atoms with E-state index in [1.807, 2.05) is 0 Å². The lowest BCUT2D eigenvalue weighted by Crippen LogP contribution is -2.28. The molecule has 0 aromatic carbocycles. The molecule has 1 atom stereocenters. The predicted molar refractivity (Wildman–Crippen MR) is 58.2 cm³/mol. The number of hydrogen-bond acceptors (Lipinski definition) is 4. The number of sulfonamides is 1. The predicted octanol–water partition coefficient (Wildman–Crippen LogP) is 0.785. The maximum Gasteiger partial charge on any atom is 0.214 e. The highest BCUT2D eigenvalue weighted by atomic mass is 32.2. The van der Waals surface area contributed by atoms with Crippen LogP contribution in [-0.2, 0) is 10.0 Å². The summed E-state index contributed by atoms with van der Waals surface area (Å²) >= 11 is 0. The molecule has 16 heavy (non-hydrogen) atoms. The summed E-state index contributed by atoms with van der Waals surface area (Å²) in [6, 6.07) is 3.35. The Kier molecular flexibility index (Phi) is 3.32. The first kappa shape index (κ1) is 11.6. The molecular formula is C10H15NO4S. The third-order valence-electron chi connectivity index (χ3n) is 2.56. The van der Waals surface area contributed by atoms with Crippen LogP contribution in [0.3, 0.4) is 0 Å². The first-order chi connectivity index (χ1) is 7.59. The van der Waals surface area contributed by atoms with E-state index in [4.69, 9.17) is 4.42 Å². The van der Waals surface area contributed by atoms with Gasteiger partial charge in [-0.05, 0) is 31.4 Å². The van der Waals surface area contributed by atoms with Gasteiger partial charge in [0, 0.05) is 6.54 Å². The van der Waals surface area contributed by atoms with Crippen molar-refractivity contribution in [2.24, 2.45) is 0 Å². The van der Waals surface area contributed by atoms with E-state index in [0.29, 0.717) is 12.2 Å². The standard InChI is InChI=1S/C10H15NO4S/c12-9(10-2-1-7-15-10)5-6-11-16(13,14)8-3-4-8/h1-2,7-9,11-12H,3-6H2/t9-/m1/s1. The number of furan rings is 1. The number of aliphatic hydroxyl groups is 1. The molecule has 0 spiro atoms. The minimum Gasteiger partial charge on any atom is -0.467 e. The van der Waals surface area contributed by atoms with Gasteiger partial charge >= 0.3 is 0 Å². The monoisotopic (exact) mass is 245 g/mol. The summed E-state index contributed by atoms with van der Waals surface area (Å²) in [7, 11) is -3.14. The van der Waals surface area contributed by atoms with Gasteiger partial charge in [-0.15, -0.1) is 0 Å². The molecule has 1 aliphatic carbocycles. The molecule has 6 heteroatoms. The van der Waals surface area contributed by atoms with E-state index in [-0.39, 0.29) is 11.8 Å². The van der Waals surface area contributed by atoms with Gasteiger partial charge < -0.3 is 9.52 Å². The second-order valence-electron chi connectivity index (χ2n) is 3.96. The highest BCUT2D eigenvalue weighted by Gasteiger charge is 2.35. The molecule has 1 aliphatic rings. The molecule has 1 aromatic rings. The second kappa shape index (κ2) is 4.57. The Bertz CT molecular complexity index is 422. The van der Waals surface area contributed by atoms with Crippen molar-refractivity contribution in [1.29, 1.82) is 0 Å². The Morgan fingerprint density at radius 2 is 2.31 bits per heavy atom. The maximum atomic E-state index is 11.4. The molecule has 0 unspecified atom stereocenters. The summed E-state index contributed by atoms with van der Waals surface area (Å²) in [5.74, 6) is 0.464. The summed E-state index contributed by atoms with van der Waals surface area (Å²) in [4.78, 5) is 0. The van der Waals surface area contributed by atoms with Gasteiger partial charge in [-0.1, -0.05) is 0 Å². The number of nitrogens with one attached hydrogen (secondary N) is 1. The normalized spacial score (nSPS) is 18.6. The molecular weight excluding hydrogens is 230 g/mol. The fourth-order valence-electron chi connectivity index (χ4n) is 1.46. The van der Waals surface area contributed by atoms with Gasteiger partial charge in [0.05, 0.1) is 11.5 Å². The van der Waals surface area contributed by atoms with Crippen molar-refractivity contribution >= 4 is 10.0 Å². The highest BCUT2D eigenvalue weighted by molar-refractivity contribution is 7.90. The van der Waals surface area contributed by atoms with Crippen LogP contribution in [0.5, 0.6) is 0 Å². The fourth-order valence-corrected chi connectivity index (χ4v) is 2.85. The number of hydrogen-bond donors (Lipinski definition) is 2. The zero-order valence-corrected chi connectivity index (χ0v) is 9.61. The smallest absolute Gasteiger partial charge is 0.214 e. The zero-order valence-electron chi connectivity index (χ0n) is 8.80. The molecule has 5 nitrogen and oxygen atoms in total. The first-order valence-corrected chi connectivity index (χ1v) is 6.84. The van der Waals surface area contributed by atoms with Crippen LogP contribution >= 0.6 is 0 Å². The van der Waals surface area contributed by atoms with Crippen LogP contribution in [0.2, 0.25) is 0 Å². The Hall–Kier alpha value is -0.850. The lowest BCUT2D eigenvalue weighted by atomic mass is 10.2. The van der Waals surface area contributed by atoms with Crippen molar-refractivity contribution in [3.05, 3.63) is 24.2 Å². The molecule has 1 heterocycles. The topological polar surface area (TPSA) is 79.5 Å². The van der Waals surface area contributed by atoms with E-state index < -0.39 is 16.1 Å². The quantitative estimate of drug-likeness (QED) is 0.776. The summed E-state index contributed by atoms with van der Waals surface area (Å²) in [5, 5.41) is 9.42. The van der Waals surface area contributed by atoms with Gasteiger partial charge in [0.25, 0.3) is 0 Å². The average Bonchev–Trinajstić information content (AvgIpc) is 2.95. The minimum atomic E-state index is -3.14. The van der Waals surface area contributed by atoms with Crippen molar-refractivity contribution in [3.63, 3.8) is 0 Å². The van der Waals surface area contributed by atoms with Gasteiger partial charge in [-0.3, -0.25) is 0 Å². The summed E-state index contributed by atoms with van der Waals surface area (Å²) in [6.07, 6.45) is 2.54. The molecule has 1 saturated carbocycles. The van der Waals surface area contributed by atoms with Crippen LogP contribution < -0.4 is 4.72 Å². The highest BCUT2D eigenvalue weighted by Crippen LogP contribution is 2.27. The van der Waals surface area contributed by atoms with Crippen LogP contribution in [0.15, 0.2) is 22.8 Å². The Morgan fingerprint density at radius 1 is 1.56 bits per heavy atom. The minimum absolute atomic E-state index is 0.215. The zero-order chi connectivity index (χ0) is 11.6. The third kappa shape index (κ3) is 2.84. The fraction of sp³-hybridized carbons (Fsp3) is 0.600. The summed E-state index contributed by atoms with van der Waals surface area (Å²) in [5.41, 5.74) is 0. The molecule has 2 rings (SSSR count). The molecule has 0 radical (unpaired) electrons. The summed E-state index contributed by atoms with van der Waals surface area (Å²) in [6.45, 7) is 0.237. The van der Waals surface area contributed by atoms with Gasteiger partial charge in [-0.2, -0.15) is 0 Å². The van der Waals surface area contributed by atoms with Crippen LogP contribution in [0.25, 0.3) is 0 Å². The van der Waals surface area contributed by atoms with Gasteiger partial charge in [0.1, 0.15) is 11.9 Å². The van der Waals surface area contributed by atoms with Crippen molar-refractivity contribution in [1.82, 2.24) is 4.72 Å². The molecule has 0 bridgehead atoms. The van der Waals surface area contributed by atoms with Gasteiger partial charge in [0.2, 0.25) is 10.0 Å². The molecule has 0 amide bonds. The van der Waals surface area contributed by atoms with E-state index in [1.165, 1.54) is 6.26 Å². The van der Waals surface area contributed by atoms with E-state index in [9.17, 15) is 13.5 Å². The van der Waals surface area contributed by atoms with Crippen molar-refractivity contribution in [2.45, 2.75) is 30.6 Å². The van der Waals surface area contributed by atoms with Gasteiger partial charge in [-0.25, -0.2) is 13.1 Å². The van der Waals surface area contributed by atoms with Gasteiger partial charge in [0.15, 0.2) is 0 Å². The lowest BCUT2D eigenvalue weighted by molar-refractivity contribution is 0.141. The Balaban J connectivity index is 1.76. The van der Waals surface area contributed by atoms with E-state index in [1.54, 1.807) is 12.1 Å². The van der Waals surface area contributed by atoms with Crippen LogP contribution in [0.4, 0.5) is 0 Å². The Morgan fingerprint density at radius 3 is 2.88 bits per heavy atom. The molecule has 1 fully saturated rings. The second-order valence-corrected chi connectivity index (χ2v) is 6.00. The van der Waals surface area contributed by atoms with Crippen LogP contribution in [0.1, 0.15) is 31.1 Å². The number of aliphatic hydroxyl groups excluding tert-OH is 1. The molecule has 90 valence electrons. The largest absolute Gasteiger partial charge is 0.467 e. The molecule has 1 aromatic heterocycles. The Labute approximate surface area is 94.5 Å². The molecule has 2 N–H and O–H groups in total. The third-order valence-corrected chi connectivity index (χ3v) is 4.51. The first-order valence-electron chi connectivity index (χ1n) is 5.29. The SMILES string of the molecule is O=S(=O)(NCC[C@@H](O)c1ccco1)C1CC1. The average molecular weight is 245 g/mol. The van der Waals surface area contributed by atoms with E-state index >= 15 is 0 Å². The van der Waals surface area contributed by atoms with Crippen molar-refractivity contribution in [2.75, 3.05) is 6.54 Å². The summed E-state index contributed by atoms with van der Waals surface area (Å²) < 4.78 is 30.4. The van der Waals surface area contributed by atoms with Crippen LogP contribution in [0, 0.1) is 0 Å². The van der Waals surface area contributed by atoms with E-state index in [0.717, 1.165) is 12.8 Å². The van der Waals surface area contributed by atoms with Crippen molar-refractivity contribution in [3.8, 4) is 0 Å². The maximum absolute atomic E-state index is 11.4. The molecule has 0 saturated heterocycles. The number of rotatable bonds is 6. The van der Waals surface area contributed by atoms with Crippen molar-refractivity contribution < 1.29 is 17.9 Å². The van der Waals surface area contributed by atoms with E-state index in [2.05, 4.69) is 4.72 Å². The van der Waals surface area contributed by atoms with Crippen LogP contribution in [-0.4, -0.2) is 25.3 Å².